The number of anilines is 1. The van der Waals surface area contributed by atoms with E-state index in [9.17, 15) is 14.9 Å². The number of nitro groups is 1. The summed E-state index contributed by atoms with van der Waals surface area (Å²) >= 11 is 0. The van der Waals surface area contributed by atoms with Gasteiger partial charge in [0.25, 0.3) is 5.91 Å². The van der Waals surface area contributed by atoms with Crippen LogP contribution in [0.4, 0.5) is 11.4 Å². The van der Waals surface area contributed by atoms with Gasteiger partial charge in [0.1, 0.15) is 11.3 Å². The lowest BCUT2D eigenvalue weighted by Gasteiger charge is -2.05. The second-order valence-corrected chi connectivity index (χ2v) is 2.68. The molecule has 0 heterocycles. The number of nitro benzene ring substituents is 1. The SMILES string of the molecule is CNC(=O)c1cccc(NN)c1[N+](=O)[O-]. The fraction of sp³-hybridized carbons (Fsp3) is 0.125. The van der Waals surface area contributed by atoms with Crippen LogP contribution in [0.3, 0.4) is 0 Å². The molecule has 0 aromatic heterocycles. The second kappa shape index (κ2) is 4.38. The predicted octanol–water partition coefficient (Wildman–Crippen LogP) is 0.240. The predicted molar refractivity (Wildman–Crippen MR) is 54.3 cm³/mol. The van der Waals surface area contributed by atoms with Crippen LogP contribution in [0, 0.1) is 10.1 Å². The van der Waals surface area contributed by atoms with Crippen LogP contribution >= 0.6 is 0 Å². The quantitative estimate of drug-likeness (QED) is 0.376. The van der Waals surface area contributed by atoms with Crippen molar-refractivity contribution in [2.75, 3.05) is 12.5 Å². The zero-order valence-electron chi connectivity index (χ0n) is 7.98. The maximum atomic E-state index is 11.3. The summed E-state index contributed by atoms with van der Waals surface area (Å²) in [7, 11) is 1.40. The van der Waals surface area contributed by atoms with Gasteiger partial charge in [-0.25, -0.2) is 0 Å². The van der Waals surface area contributed by atoms with E-state index < -0.39 is 10.8 Å². The molecule has 0 radical (unpaired) electrons. The Morgan fingerprint density at radius 3 is 2.67 bits per heavy atom. The highest BCUT2D eigenvalue weighted by molar-refractivity contribution is 6.00. The topological polar surface area (TPSA) is 110 Å². The highest BCUT2D eigenvalue weighted by Gasteiger charge is 2.23. The molecule has 4 N–H and O–H groups in total. The Labute approximate surface area is 85.4 Å². The van der Waals surface area contributed by atoms with Crippen LogP contribution in [0.15, 0.2) is 18.2 Å². The van der Waals surface area contributed by atoms with Crippen LogP contribution in [-0.2, 0) is 0 Å². The van der Waals surface area contributed by atoms with E-state index in [2.05, 4.69) is 10.7 Å². The molecule has 1 amide bonds. The van der Waals surface area contributed by atoms with Crippen molar-refractivity contribution in [1.82, 2.24) is 5.32 Å². The molecule has 0 bridgehead atoms. The van der Waals surface area contributed by atoms with Gasteiger partial charge in [-0.15, -0.1) is 0 Å². The number of amides is 1. The minimum absolute atomic E-state index is 0.0297. The van der Waals surface area contributed by atoms with Gasteiger partial charge in [-0.05, 0) is 12.1 Å². The van der Waals surface area contributed by atoms with Gasteiger partial charge in [0.15, 0.2) is 0 Å². The van der Waals surface area contributed by atoms with E-state index in [1.165, 1.54) is 25.2 Å². The van der Waals surface area contributed by atoms with E-state index in [1.54, 1.807) is 0 Å². The Hall–Kier alpha value is -2.15. The molecule has 0 fully saturated rings. The third-order valence-electron chi connectivity index (χ3n) is 1.85. The Morgan fingerprint density at radius 2 is 2.20 bits per heavy atom. The molecule has 0 saturated carbocycles. The molecule has 80 valence electrons. The molecule has 0 atom stereocenters. The number of carbonyl (C=O) groups is 1. The number of para-hydroxylation sites is 1. The number of hydrogen-bond donors (Lipinski definition) is 3. The molecule has 0 unspecified atom stereocenters. The lowest BCUT2D eigenvalue weighted by Crippen LogP contribution is -2.20. The zero-order chi connectivity index (χ0) is 11.4. The van der Waals surface area contributed by atoms with Crippen LogP contribution in [0.25, 0.3) is 0 Å². The second-order valence-electron chi connectivity index (χ2n) is 2.68. The first-order valence-corrected chi connectivity index (χ1v) is 4.08. The number of carbonyl (C=O) groups excluding carboxylic acids is 1. The van der Waals surface area contributed by atoms with E-state index in [0.29, 0.717) is 0 Å². The number of hydrazine groups is 1. The largest absolute Gasteiger partial charge is 0.355 e. The Kier molecular flexibility index (Phi) is 3.19. The van der Waals surface area contributed by atoms with Gasteiger partial charge in [-0.1, -0.05) is 6.07 Å². The normalized spacial score (nSPS) is 9.47. The van der Waals surface area contributed by atoms with Crippen molar-refractivity contribution >= 4 is 17.3 Å². The van der Waals surface area contributed by atoms with Crippen molar-refractivity contribution in [2.24, 2.45) is 5.84 Å². The number of nitrogens with two attached hydrogens (primary N) is 1. The van der Waals surface area contributed by atoms with E-state index >= 15 is 0 Å². The first-order chi connectivity index (χ1) is 7.11. The van der Waals surface area contributed by atoms with Crippen LogP contribution in [0.2, 0.25) is 0 Å². The number of nitrogens with zero attached hydrogens (tertiary/aromatic N) is 1. The van der Waals surface area contributed by atoms with Crippen LogP contribution in [0.5, 0.6) is 0 Å². The summed E-state index contributed by atoms with van der Waals surface area (Å²) in [5.41, 5.74) is 1.91. The van der Waals surface area contributed by atoms with Gasteiger partial charge in [0.05, 0.1) is 4.92 Å². The number of nitrogens with one attached hydrogen (secondary N) is 2. The zero-order valence-corrected chi connectivity index (χ0v) is 7.98. The van der Waals surface area contributed by atoms with E-state index in [-0.39, 0.29) is 16.9 Å². The Morgan fingerprint density at radius 1 is 1.53 bits per heavy atom. The summed E-state index contributed by atoms with van der Waals surface area (Å²) in [4.78, 5) is 21.4. The highest BCUT2D eigenvalue weighted by Crippen LogP contribution is 2.27. The van der Waals surface area contributed by atoms with Crippen LogP contribution < -0.4 is 16.6 Å². The number of benzene rings is 1. The van der Waals surface area contributed by atoms with E-state index in [0.717, 1.165) is 0 Å². The van der Waals surface area contributed by atoms with Gasteiger partial charge in [0, 0.05) is 7.05 Å². The standard InChI is InChI=1S/C8H10N4O3/c1-10-8(13)5-3-2-4-6(11-9)7(5)12(14)15/h2-4,11H,9H2,1H3,(H,10,13). The molecule has 7 heteroatoms. The molecular weight excluding hydrogens is 200 g/mol. The number of rotatable bonds is 3. The van der Waals surface area contributed by atoms with Crippen LogP contribution in [-0.4, -0.2) is 17.9 Å². The van der Waals surface area contributed by atoms with Crippen molar-refractivity contribution in [3.05, 3.63) is 33.9 Å². The van der Waals surface area contributed by atoms with Crippen LogP contribution in [0.1, 0.15) is 10.4 Å². The van der Waals surface area contributed by atoms with Gasteiger partial charge in [-0.2, -0.15) is 0 Å². The molecule has 0 aliphatic rings. The average molecular weight is 210 g/mol. The fourth-order valence-corrected chi connectivity index (χ4v) is 1.17. The molecule has 1 aromatic carbocycles. The maximum absolute atomic E-state index is 11.3. The third-order valence-corrected chi connectivity index (χ3v) is 1.85. The average Bonchev–Trinajstić information content (AvgIpc) is 2.26. The minimum Gasteiger partial charge on any atom is -0.355 e. The molecule has 7 nitrogen and oxygen atoms in total. The number of nitrogen functional groups attached to an aromatic ring is 1. The summed E-state index contributed by atoms with van der Waals surface area (Å²) in [6.07, 6.45) is 0. The molecule has 0 spiro atoms. The molecule has 1 rings (SSSR count). The van der Waals surface area contributed by atoms with Crippen molar-refractivity contribution in [2.45, 2.75) is 0 Å². The van der Waals surface area contributed by atoms with E-state index in [1.807, 2.05) is 0 Å². The minimum atomic E-state index is -0.653. The molecular formula is C8H10N4O3. The van der Waals surface area contributed by atoms with Gasteiger partial charge >= 0.3 is 5.69 Å². The smallest absolute Gasteiger partial charge is 0.306 e. The molecule has 0 aliphatic heterocycles. The monoisotopic (exact) mass is 210 g/mol. The fourth-order valence-electron chi connectivity index (χ4n) is 1.17. The van der Waals surface area contributed by atoms with Crippen molar-refractivity contribution in [3.8, 4) is 0 Å². The Bertz CT molecular complexity index is 405. The summed E-state index contributed by atoms with van der Waals surface area (Å²) in [6, 6.07) is 4.29. The van der Waals surface area contributed by atoms with Crippen molar-refractivity contribution in [1.29, 1.82) is 0 Å². The van der Waals surface area contributed by atoms with Gasteiger partial charge < -0.3 is 10.7 Å². The molecule has 0 saturated heterocycles. The summed E-state index contributed by atoms with van der Waals surface area (Å²) in [6.45, 7) is 0. The molecule has 0 aliphatic carbocycles. The molecule has 15 heavy (non-hydrogen) atoms. The van der Waals surface area contributed by atoms with Gasteiger partial charge in [-0.3, -0.25) is 20.8 Å². The Balaban J connectivity index is 3.38. The third kappa shape index (κ3) is 2.02. The maximum Gasteiger partial charge on any atom is 0.306 e. The highest BCUT2D eigenvalue weighted by atomic mass is 16.6. The van der Waals surface area contributed by atoms with Gasteiger partial charge in [0.2, 0.25) is 0 Å². The first-order valence-electron chi connectivity index (χ1n) is 4.08. The summed E-state index contributed by atoms with van der Waals surface area (Å²) < 4.78 is 0. The summed E-state index contributed by atoms with van der Waals surface area (Å²) in [5.74, 6) is 4.58. The molecule has 1 aromatic rings. The first kappa shape index (κ1) is 10.9. The number of hydrogen-bond acceptors (Lipinski definition) is 5. The summed E-state index contributed by atoms with van der Waals surface area (Å²) in [5, 5.41) is 13.1. The van der Waals surface area contributed by atoms with Crippen molar-refractivity contribution in [3.63, 3.8) is 0 Å². The van der Waals surface area contributed by atoms with Crippen molar-refractivity contribution < 1.29 is 9.72 Å². The van der Waals surface area contributed by atoms with E-state index in [4.69, 9.17) is 5.84 Å². The lowest BCUT2D eigenvalue weighted by molar-refractivity contribution is -0.384. The lowest BCUT2D eigenvalue weighted by atomic mass is 10.1.